The molecule has 0 fully saturated rings. The molecule has 0 aromatic heterocycles. The van der Waals surface area contributed by atoms with Crippen molar-refractivity contribution >= 4 is 5.57 Å². The lowest BCUT2D eigenvalue weighted by atomic mass is 10.1. The molecule has 1 aromatic carbocycles. The Labute approximate surface area is 78.5 Å². The molecule has 0 bridgehead atoms. The fraction of sp³-hybridized carbons (Fsp3) is 0.273. The molecule has 0 aliphatic rings. The maximum absolute atomic E-state index is 8.92. The number of rotatable bonds is 3. The smallest absolute Gasteiger partial charge is 0.126 e. The van der Waals surface area contributed by atoms with Crippen molar-refractivity contribution in [2.45, 2.75) is 6.92 Å². The third-order valence-electron chi connectivity index (χ3n) is 1.93. The Morgan fingerprint density at radius 2 is 2.23 bits per heavy atom. The Balaban J connectivity index is 3.13. The number of ether oxygens (including phenoxy) is 1. The van der Waals surface area contributed by atoms with Crippen molar-refractivity contribution in [2.24, 2.45) is 0 Å². The molecule has 0 saturated heterocycles. The van der Waals surface area contributed by atoms with E-state index >= 15 is 0 Å². The summed E-state index contributed by atoms with van der Waals surface area (Å²) < 4.78 is 5.18. The molecule has 2 nitrogen and oxygen atoms in total. The van der Waals surface area contributed by atoms with E-state index in [0.29, 0.717) is 5.57 Å². The monoisotopic (exact) mass is 178 g/mol. The van der Waals surface area contributed by atoms with Gasteiger partial charge in [0.2, 0.25) is 0 Å². The normalized spacial score (nSPS) is 9.77. The Morgan fingerprint density at radius 1 is 1.54 bits per heavy atom. The highest BCUT2D eigenvalue weighted by atomic mass is 16.5. The van der Waals surface area contributed by atoms with Gasteiger partial charge in [0.05, 0.1) is 13.7 Å². The Bertz CT molecular complexity index is 316. The Morgan fingerprint density at radius 3 is 2.77 bits per heavy atom. The van der Waals surface area contributed by atoms with Gasteiger partial charge >= 0.3 is 0 Å². The van der Waals surface area contributed by atoms with Gasteiger partial charge in [-0.3, -0.25) is 0 Å². The minimum Gasteiger partial charge on any atom is -0.496 e. The first kappa shape index (κ1) is 9.81. The third kappa shape index (κ3) is 2.10. The van der Waals surface area contributed by atoms with Crippen LogP contribution in [0.25, 0.3) is 5.57 Å². The van der Waals surface area contributed by atoms with Crippen molar-refractivity contribution in [2.75, 3.05) is 13.7 Å². The fourth-order valence-electron chi connectivity index (χ4n) is 1.18. The molecule has 2 heteroatoms. The fourth-order valence-corrected chi connectivity index (χ4v) is 1.18. The van der Waals surface area contributed by atoms with E-state index in [0.717, 1.165) is 16.9 Å². The number of aryl methyl sites for hydroxylation is 1. The van der Waals surface area contributed by atoms with E-state index < -0.39 is 0 Å². The van der Waals surface area contributed by atoms with E-state index in [2.05, 4.69) is 6.58 Å². The molecule has 1 N–H and O–H groups in total. The SMILES string of the molecule is C=C(CO)c1ccc(C)cc1OC. The number of aliphatic hydroxyl groups is 1. The molecule has 0 spiro atoms. The second kappa shape index (κ2) is 4.10. The second-order valence-electron chi connectivity index (χ2n) is 2.97. The first-order valence-electron chi connectivity index (χ1n) is 4.12. The summed E-state index contributed by atoms with van der Waals surface area (Å²) in [7, 11) is 1.61. The van der Waals surface area contributed by atoms with Crippen molar-refractivity contribution < 1.29 is 9.84 Å². The van der Waals surface area contributed by atoms with Crippen LogP contribution < -0.4 is 4.74 Å². The standard InChI is InChI=1S/C11H14O2/c1-8-4-5-10(9(2)7-12)11(6-8)13-3/h4-6,12H,2,7H2,1,3H3. The summed E-state index contributed by atoms with van der Waals surface area (Å²) in [5, 5.41) is 8.92. The van der Waals surface area contributed by atoms with Crippen molar-refractivity contribution in [1.82, 2.24) is 0 Å². The number of benzene rings is 1. The summed E-state index contributed by atoms with van der Waals surface area (Å²) in [6, 6.07) is 5.81. The molecular formula is C11H14O2. The van der Waals surface area contributed by atoms with Crippen LogP contribution in [0.1, 0.15) is 11.1 Å². The molecule has 0 aliphatic carbocycles. The van der Waals surface area contributed by atoms with E-state index in [1.54, 1.807) is 7.11 Å². The molecule has 0 aliphatic heterocycles. The van der Waals surface area contributed by atoms with Crippen LogP contribution in [-0.2, 0) is 0 Å². The summed E-state index contributed by atoms with van der Waals surface area (Å²) in [6.07, 6.45) is 0. The van der Waals surface area contributed by atoms with Crippen molar-refractivity contribution in [1.29, 1.82) is 0 Å². The molecule has 0 heterocycles. The van der Waals surface area contributed by atoms with Crippen molar-refractivity contribution in [3.63, 3.8) is 0 Å². The molecule has 13 heavy (non-hydrogen) atoms. The van der Waals surface area contributed by atoms with E-state index in [9.17, 15) is 0 Å². The second-order valence-corrected chi connectivity index (χ2v) is 2.97. The predicted octanol–water partition coefficient (Wildman–Crippen LogP) is 2.01. The molecule has 0 radical (unpaired) electrons. The largest absolute Gasteiger partial charge is 0.496 e. The highest BCUT2D eigenvalue weighted by molar-refractivity contribution is 5.69. The highest BCUT2D eigenvalue weighted by Gasteiger charge is 2.05. The summed E-state index contributed by atoms with van der Waals surface area (Å²) in [5.74, 6) is 0.763. The summed E-state index contributed by atoms with van der Waals surface area (Å²) in [4.78, 5) is 0. The molecule has 1 aromatic rings. The maximum atomic E-state index is 8.92. The van der Waals surface area contributed by atoms with Crippen LogP contribution in [0.5, 0.6) is 5.75 Å². The van der Waals surface area contributed by atoms with Gasteiger partial charge in [0.25, 0.3) is 0 Å². The van der Waals surface area contributed by atoms with Crippen LogP contribution in [0.2, 0.25) is 0 Å². The van der Waals surface area contributed by atoms with E-state index in [4.69, 9.17) is 9.84 Å². The van der Waals surface area contributed by atoms with Crippen LogP contribution in [0, 0.1) is 6.92 Å². The highest BCUT2D eigenvalue weighted by Crippen LogP contribution is 2.25. The first-order chi connectivity index (χ1) is 6.19. The Hall–Kier alpha value is -1.28. The van der Waals surface area contributed by atoms with Crippen molar-refractivity contribution in [3.8, 4) is 5.75 Å². The third-order valence-corrected chi connectivity index (χ3v) is 1.93. The summed E-state index contributed by atoms with van der Waals surface area (Å²) in [6.45, 7) is 5.70. The number of hydrogen-bond donors (Lipinski definition) is 1. The van der Waals surface area contributed by atoms with Crippen LogP contribution >= 0.6 is 0 Å². The lowest BCUT2D eigenvalue weighted by Gasteiger charge is -2.09. The zero-order valence-electron chi connectivity index (χ0n) is 8.00. The number of hydrogen-bond acceptors (Lipinski definition) is 2. The van der Waals surface area contributed by atoms with Gasteiger partial charge in [-0.15, -0.1) is 0 Å². The molecule has 1 rings (SSSR count). The van der Waals surface area contributed by atoms with E-state index in [1.807, 2.05) is 25.1 Å². The van der Waals surface area contributed by atoms with Gasteiger partial charge in [0.15, 0.2) is 0 Å². The van der Waals surface area contributed by atoms with Gasteiger partial charge in [0, 0.05) is 5.56 Å². The van der Waals surface area contributed by atoms with E-state index in [1.165, 1.54) is 0 Å². The molecule has 0 saturated carbocycles. The lowest BCUT2D eigenvalue weighted by molar-refractivity contribution is 0.349. The average molecular weight is 178 g/mol. The molecular weight excluding hydrogens is 164 g/mol. The van der Waals surface area contributed by atoms with E-state index in [-0.39, 0.29) is 6.61 Å². The molecule has 0 unspecified atom stereocenters. The zero-order valence-corrected chi connectivity index (χ0v) is 8.00. The van der Waals surface area contributed by atoms with Gasteiger partial charge in [0.1, 0.15) is 5.75 Å². The van der Waals surface area contributed by atoms with Crippen LogP contribution in [-0.4, -0.2) is 18.8 Å². The topological polar surface area (TPSA) is 29.5 Å². The Kier molecular flexibility index (Phi) is 3.09. The summed E-state index contributed by atoms with van der Waals surface area (Å²) >= 11 is 0. The van der Waals surface area contributed by atoms with Gasteiger partial charge in [-0.2, -0.15) is 0 Å². The summed E-state index contributed by atoms with van der Waals surface area (Å²) in [5.41, 5.74) is 2.68. The average Bonchev–Trinajstić information content (AvgIpc) is 2.16. The minimum absolute atomic E-state index is 0.0422. The van der Waals surface area contributed by atoms with Gasteiger partial charge in [-0.1, -0.05) is 18.7 Å². The zero-order chi connectivity index (χ0) is 9.84. The quantitative estimate of drug-likeness (QED) is 0.767. The molecule has 0 amide bonds. The van der Waals surface area contributed by atoms with Gasteiger partial charge in [-0.25, -0.2) is 0 Å². The van der Waals surface area contributed by atoms with Crippen LogP contribution in [0.3, 0.4) is 0 Å². The predicted molar refractivity (Wildman–Crippen MR) is 53.9 cm³/mol. The van der Waals surface area contributed by atoms with Gasteiger partial charge < -0.3 is 9.84 Å². The number of methoxy groups -OCH3 is 1. The van der Waals surface area contributed by atoms with Crippen molar-refractivity contribution in [3.05, 3.63) is 35.9 Å². The lowest BCUT2D eigenvalue weighted by Crippen LogP contribution is -1.94. The molecule has 0 atom stereocenters. The van der Waals surface area contributed by atoms with Crippen LogP contribution in [0.4, 0.5) is 0 Å². The van der Waals surface area contributed by atoms with Gasteiger partial charge in [-0.05, 0) is 24.1 Å². The minimum atomic E-state index is -0.0422. The maximum Gasteiger partial charge on any atom is 0.126 e. The first-order valence-corrected chi connectivity index (χ1v) is 4.12. The molecule has 70 valence electrons. The number of aliphatic hydroxyl groups excluding tert-OH is 1. The van der Waals surface area contributed by atoms with Crippen LogP contribution in [0.15, 0.2) is 24.8 Å².